The van der Waals surface area contributed by atoms with Gasteiger partial charge in [0.05, 0.1) is 36.4 Å². The molecule has 10 nitrogen and oxygen atoms in total. The monoisotopic (exact) mass is 603 g/mol. The third-order valence-electron chi connectivity index (χ3n) is 7.21. The number of benzene rings is 3. The van der Waals surface area contributed by atoms with Crippen molar-refractivity contribution in [2.75, 3.05) is 49.6 Å². The third kappa shape index (κ3) is 7.09. The fraction of sp³-hybridized carbons (Fsp3) is 0.344. The van der Waals surface area contributed by atoms with Crippen molar-refractivity contribution < 1.29 is 23.6 Å². The Bertz CT molecular complexity index is 1690. The predicted octanol–water partition coefficient (Wildman–Crippen LogP) is 6.82. The second-order valence-electron chi connectivity index (χ2n) is 11.9. The molecule has 0 unspecified atom stereocenters. The first-order valence-corrected chi connectivity index (χ1v) is 16.8. The van der Waals surface area contributed by atoms with Crippen molar-refractivity contribution in [3.05, 3.63) is 66.4 Å². The van der Waals surface area contributed by atoms with Crippen molar-refractivity contribution in [1.29, 1.82) is 0 Å². The van der Waals surface area contributed by atoms with Crippen molar-refractivity contribution in [3.8, 4) is 17.4 Å². The van der Waals surface area contributed by atoms with Gasteiger partial charge in [-0.05, 0) is 55.0 Å². The highest BCUT2D eigenvalue weighted by Crippen LogP contribution is 2.43. The summed E-state index contributed by atoms with van der Waals surface area (Å²) < 4.78 is 30.4. The summed E-state index contributed by atoms with van der Waals surface area (Å²) in [5.74, 6) is 1.85. The van der Waals surface area contributed by atoms with Gasteiger partial charge in [-0.25, -0.2) is 9.78 Å². The first-order chi connectivity index (χ1) is 20.4. The Kier molecular flexibility index (Phi) is 8.62. The molecule has 2 heterocycles. The molecule has 43 heavy (non-hydrogen) atoms. The van der Waals surface area contributed by atoms with Crippen LogP contribution in [-0.4, -0.2) is 55.7 Å². The molecule has 0 spiro atoms. The number of amides is 2. The Hall–Kier alpha value is -4.14. The number of carbonyl (C=O) groups is 1. The standard InChI is InChI=1S/C32H38N5O5P/c1-32(2,3)20-17-25(29(40-4)27(18-20)43(5,6)39)36-31(38)35-24-11-12-26(23-10-8-7-9-22(23)24)42-28-13-15-33-30(37-28)34-21-14-16-41-19-21/h7-13,15,17-18,21H,14,16,19H2,1-6H3,(H,33,34,37)(H2,35,36,38)/t21-/m0/s1. The van der Waals surface area contributed by atoms with Crippen molar-refractivity contribution in [2.45, 2.75) is 38.6 Å². The van der Waals surface area contributed by atoms with Gasteiger partial charge in [-0.3, -0.25) is 0 Å². The minimum Gasteiger partial charge on any atom is -0.494 e. The van der Waals surface area contributed by atoms with E-state index < -0.39 is 13.2 Å². The minimum absolute atomic E-state index is 0.170. The van der Waals surface area contributed by atoms with Crippen LogP contribution in [0.4, 0.5) is 22.1 Å². The summed E-state index contributed by atoms with van der Waals surface area (Å²) in [5, 5.41) is 11.3. The molecule has 1 atom stereocenters. The smallest absolute Gasteiger partial charge is 0.323 e. The average Bonchev–Trinajstić information content (AvgIpc) is 3.46. The molecule has 1 aromatic heterocycles. The van der Waals surface area contributed by atoms with Gasteiger partial charge >= 0.3 is 6.03 Å². The maximum absolute atomic E-state index is 13.4. The zero-order valence-electron chi connectivity index (χ0n) is 25.4. The second-order valence-corrected chi connectivity index (χ2v) is 15.1. The maximum Gasteiger partial charge on any atom is 0.323 e. The van der Waals surface area contributed by atoms with Crippen LogP contribution in [0.3, 0.4) is 0 Å². The molecule has 0 radical (unpaired) electrons. The number of nitrogens with one attached hydrogen (secondary N) is 3. The number of rotatable bonds is 8. The lowest BCUT2D eigenvalue weighted by Crippen LogP contribution is -2.23. The molecule has 4 aromatic rings. The van der Waals surface area contributed by atoms with Gasteiger partial charge in [0.1, 0.15) is 12.9 Å². The first-order valence-electron chi connectivity index (χ1n) is 14.2. The van der Waals surface area contributed by atoms with Gasteiger partial charge in [-0.15, -0.1) is 0 Å². The molecular formula is C32H38N5O5P. The maximum atomic E-state index is 13.4. The van der Waals surface area contributed by atoms with Gasteiger partial charge in [0.25, 0.3) is 0 Å². The summed E-state index contributed by atoms with van der Waals surface area (Å²) in [5.41, 5.74) is 1.75. The third-order valence-corrected chi connectivity index (χ3v) is 8.70. The molecule has 3 N–H and O–H groups in total. The normalized spacial score (nSPS) is 15.3. The van der Waals surface area contributed by atoms with Crippen LogP contribution in [0.1, 0.15) is 32.8 Å². The van der Waals surface area contributed by atoms with Crippen LogP contribution in [0.15, 0.2) is 60.8 Å². The number of hydrogen-bond acceptors (Lipinski definition) is 8. The number of nitrogens with zero attached hydrogens (tertiary/aromatic N) is 2. The van der Waals surface area contributed by atoms with Gasteiger partial charge < -0.3 is 34.7 Å². The van der Waals surface area contributed by atoms with Crippen LogP contribution in [0.2, 0.25) is 0 Å². The Balaban J connectivity index is 1.40. The predicted molar refractivity (Wildman–Crippen MR) is 172 cm³/mol. The molecule has 2 amide bonds. The molecule has 11 heteroatoms. The number of methoxy groups -OCH3 is 1. The van der Waals surface area contributed by atoms with Crippen molar-refractivity contribution in [1.82, 2.24) is 9.97 Å². The van der Waals surface area contributed by atoms with E-state index in [1.54, 1.807) is 37.7 Å². The van der Waals surface area contributed by atoms with E-state index in [1.807, 2.05) is 36.4 Å². The number of hydrogen-bond donors (Lipinski definition) is 3. The molecule has 1 saturated heterocycles. The minimum atomic E-state index is -2.71. The van der Waals surface area contributed by atoms with Gasteiger partial charge in [0.15, 0.2) is 5.75 Å². The number of anilines is 3. The molecule has 0 saturated carbocycles. The van der Waals surface area contributed by atoms with Crippen LogP contribution >= 0.6 is 7.14 Å². The van der Waals surface area contributed by atoms with Crippen LogP contribution in [0.25, 0.3) is 10.8 Å². The molecule has 3 aromatic carbocycles. The van der Waals surface area contributed by atoms with Gasteiger partial charge in [0, 0.05) is 29.6 Å². The van der Waals surface area contributed by atoms with Crippen molar-refractivity contribution >= 4 is 46.6 Å². The van der Waals surface area contributed by atoms with Crippen molar-refractivity contribution in [3.63, 3.8) is 0 Å². The highest BCUT2D eigenvalue weighted by atomic mass is 31.2. The lowest BCUT2D eigenvalue weighted by molar-refractivity contribution is 0.195. The Morgan fingerprint density at radius 2 is 1.77 bits per heavy atom. The average molecular weight is 604 g/mol. The van der Waals surface area contributed by atoms with Crippen LogP contribution < -0.4 is 30.7 Å². The summed E-state index contributed by atoms with van der Waals surface area (Å²) in [6, 6.07) is 16.4. The number of ether oxygens (including phenoxy) is 3. The highest BCUT2D eigenvalue weighted by molar-refractivity contribution is 7.70. The number of fused-ring (bicyclic) bond motifs is 1. The number of urea groups is 1. The topological polar surface area (TPSA) is 124 Å². The Labute approximate surface area is 251 Å². The fourth-order valence-corrected chi connectivity index (χ4v) is 6.06. The molecule has 0 bridgehead atoms. The van der Waals surface area contributed by atoms with Crippen LogP contribution in [-0.2, 0) is 14.7 Å². The van der Waals surface area contributed by atoms with Crippen LogP contribution in [0.5, 0.6) is 17.4 Å². The second kappa shape index (κ2) is 12.2. The molecular weight excluding hydrogens is 565 g/mol. The SMILES string of the molecule is COc1c(NC(=O)Nc2ccc(Oc3ccnc(N[C@H]4CCOC4)n3)c3ccccc23)cc(C(C)(C)C)cc1P(C)(C)=O. The zero-order chi connectivity index (χ0) is 30.8. The summed E-state index contributed by atoms with van der Waals surface area (Å²) in [7, 11) is -1.20. The van der Waals surface area contributed by atoms with E-state index in [2.05, 4.69) is 46.7 Å². The summed E-state index contributed by atoms with van der Waals surface area (Å²) >= 11 is 0. The summed E-state index contributed by atoms with van der Waals surface area (Å²) in [4.78, 5) is 22.2. The van der Waals surface area contributed by atoms with Gasteiger partial charge in [-0.2, -0.15) is 4.98 Å². The van der Waals surface area contributed by atoms with E-state index in [1.165, 1.54) is 7.11 Å². The van der Waals surface area contributed by atoms with Crippen molar-refractivity contribution in [2.24, 2.45) is 0 Å². The quantitative estimate of drug-likeness (QED) is 0.188. The fourth-order valence-electron chi connectivity index (χ4n) is 4.91. The molecule has 1 fully saturated rings. The first kappa shape index (κ1) is 30.3. The largest absolute Gasteiger partial charge is 0.494 e. The summed E-state index contributed by atoms with van der Waals surface area (Å²) in [6.45, 7) is 10.9. The van der Waals surface area contributed by atoms with E-state index in [9.17, 15) is 9.36 Å². The Morgan fingerprint density at radius 1 is 1.02 bits per heavy atom. The molecule has 0 aliphatic carbocycles. The Morgan fingerprint density at radius 3 is 2.44 bits per heavy atom. The molecule has 226 valence electrons. The lowest BCUT2D eigenvalue weighted by atomic mass is 9.86. The van der Waals surface area contributed by atoms with E-state index in [4.69, 9.17) is 14.2 Å². The zero-order valence-corrected chi connectivity index (χ0v) is 26.2. The molecule has 5 rings (SSSR count). The van der Waals surface area contributed by atoms with Gasteiger partial charge in [0.2, 0.25) is 11.8 Å². The summed E-state index contributed by atoms with van der Waals surface area (Å²) in [6.07, 6.45) is 2.54. The molecule has 1 aliphatic heterocycles. The number of aromatic nitrogens is 2. The van der Waals surface area contributed by atoms with E-state index >= 15 is 0 Å². The van der Waals surface area contributed by atoms with E-state index in [0.29, 0.717) is 46.6 Å². The highest BCUT2D eigenvalue weighted by Gasteiger charge is 2.26. The van der Waals surface area contributed by atoms with E-state index in [-0.39, 0.29) is 11.5 Å². The molecule has 1 aliphatic rings. The lowest BCUT2D eigenvalue weighted by Gasteiger charge is -2.25. The van der Waals surface area contributed by atoms with Crippen LogP contribution in [0, 0.1) is 0 Å². The van der Waals surface area contributed by atoms with Gasteiger partial charge in [-0.1, -0.05) is 45.0 Å². The van der Waals surface area contributed by atoms with E-state index in [0.717, 1.165) is 29.4 Å². The number of carbonyl (C=O) groups excluding carboxylic acids is 1.